The van der Waals surface area contributed by atoms with Crippen molar-refractivity contribution in [2.24, 2.45) is 0 Å². The Bertz CT molecular complexity index is 416. The molecule has 2 aliphatic rings. The van der Waals surface area contributed by atoms with Crippen molar-refractivity contribution < 1.29 is 19.1 Å². The lowest BCUT2D eigenvalue weighted by atomic mass is 10.2. The number of rotatable bonds is 7. The van der Waals surface area contributed by atoms with Gasteiger partial charge in [0.15, 0.2) is 0 Å². The topological polar surface area (TPSA) is 71.1 Å². The molecule has 0 aromatic heterocycles. The minimum absolute atomic E-state index is 0.0203. The molecule has 24 heavy (non-hydrogen) atoms. The molecule has 0 aromatic rings. The van der Waals surface area contributed by atoms with Crippen LogP contribution < -0.4 is 5.32 Å². The van der Waals surface area contributed by atoms with Gasteiger partial charge in [-0.2, -0.15) is 0 Å². The van der Waals surface area contributed by atoms with Crippen molar-refractivity contribution in [2.75, 3.05) is 46.0 Å². The summed E-state index contributed by atoms with van der Waals surface area (Å²) in [4.78, 5) is 28.2. The molecule has 2 aliphatic heterocycles. The molecule has 2 atom stereocenters. The number of nitrogens with one attached hydrogen (secondary N) is 1. The third-order valence-corrected chi connectivity index (χ3v) is 4.58. The number of ether oxygens (including phenoxy) is 2. The van der Waals surface area contributed by atoms with Gasteiger partial charge in [-0.05, 0) is 33.6 Å². The van der Waals surface area contributed by atoms with Crippen LogP contribution in [-0.2, 0) is 19.1 Å². The number of hydrogen-bond acceptors (Lipinski definition) is 5. The first-order chi connectivity index (χ1) is 11.5. The van der Waals surface area contributed by atoms with Gasteiger partial charge in [-0.3, -0.25) is 14.5 Å². The summed E-state index contributed by atoms with van der Waals surface area (Å²) < 4.78 is 11.0. The van der Waals surface area contributed by atoms with Gasteiger partial charge < -0.3 is 19.7 Å². The lowest BCUT2D eigenvalue weighted by Crippen LogP contribution is -2.56. The monoisotopic (exact) mass is 341 g/mol. The standard InChI is InChI=1S/C17H31N3O4/c1-13(2)18-17(22)14(3)19-6-8-20(9-7-19)16(21)12-23-11-15-5-4-10-24-15/h13-15H,4-12H2,1-3H3,(H,18,22)/t14-,15+/m1/s1. The Hall–Kier alpha value is -1.18. The van der Waals surface area contributed by atoms with E-state index in [1.54, 1.807) is 0 Å². The normalized spacial score (nSPS) is 23.5. The van der Waals surface area contributed by atoms with Crippen LogP contribution >= 0.6 is 0 Å². The van der Waals surface area contributed by atoms with Crippen LogP contribution in [0.4, 0.5) is 0 Å². The first-order valence-corrected chi connectivity index (χ1v) is 8.99. The molecule has 0 radical (unpaired) electrons. The molecule has 2 fully saturated rings. The van der Waals surface area contributed by atoms with Crippen molar-refractivity contribution in [3.63, 3.8) is 0 Å². The van der Waals surface area contributed by atoms with Crippen LogP contribution in [0.2, 0.25) is 0 Å². The lowest BCUT2D eigenvalue weighted by molar-refractivity contribution is -0.139. The van der Waals surface area contributed by atoms with Gasteiger partial charge in [0.25, 0.3) is 0 Å². The molecule has 0 bridgehead atoms. The summed E-state index contributed by atoms with van der Waals surface area (Å²) in [6, 6.07) is -0.0239. The number of carbonyl (C=O) groups is 2. The molecule has 2 saturated heterocycles. The highest BCUT2D eigenvalue weighted by molar-refractivity contribution is 5.81. The summed E-state index contributed by atoms with van der Waals surface area (Å²) in [6.07, 6.45) is 2.24. The van der Waals surface area contributed by atoms with Gasteiger partial charge in [-0.25, -0.2) is 0 Å². The molecule has 0 spiro atoms. The molecule has 0 aliphatic carbocycles. The highest BCUT2D eigenvalue weighted by atomic mass is 16.5. The molecule has 1 N–H and O–H groups in total. The summed E-state index contributed by atoms with van der Waals surface area (Å²) in [6.45, 7) is 9.95. The van der Waals surface area contributed by atoms with E-state index in [1.807, 2.05) is 25.7 Å². The molecule has 2 amide bonds. The van der Waals surface area contributed by atoms with Gasteiger partial charge in [0, 0.05) is 38.8 Å². The smallest absolute Gasteiger partial charge is 0.248 e. The van der Waals surface area contributed by atoms with E-state index in [-0.39, 0.29) is 36.6 Å². The van der Waals surface area contributed by atoms with E-state index >= 15 is 0 Å². The van der Waals surface area contributed by atoms with Gasteiger partial charge in [-0.1, -0.05) is 0 Å². The Labute approximate surface area is 144 Å². The number of piperazine rings is 1. The minimum Gasteiger partial charge on any atom is -0.376 e. The van der Waals surface area contributed by atoms with Gasteiger partial charge in [0.05, 0.1) is 18.8 Å². The summed E-state index contributed by atoms with van der Waals surface area (Å²) >= 11 is 0. The van der Waals surface area contributed by atoms with Crippen LogP contribution in [0.15, 0.2) is 0 Å². The predicted octanol–water partition coefficient (Wildman–Crippen LogP) is 0.239. The summed E-state index contributed by atoms with van der Waals surface area (Å²) in [7, 11) is 0. The van der Waals surface area contributed by atoms with Crippen molar-refractivity contribution in [2.45, 2.75) is 51.8 Å². The van der Waals surface area contributed by atoms with E-state index in [0.717, 1.165) is 19.4 Å². The number of nitrogens with zero attached hydrogens (tertiary/aromatic N) is 2. The van der Waals surface area contributed by atoms with Crippen LogP contribution in [0.3, 0.4) is 0 Å². The predicted molar refractivity (Wildman–Crippen MR) is 90.7 cm³/mol. The van der Waals surface area contributed by atoms with Gasteiger partial charge in [-0.15, -0.1) is 0 Å². The van der Waals surface area contributed by atoms with Crippen LogP contribution in [0.1, 0.15) is 33.6 Å². The van der Waals surface area contributed by atoms with Crippen molar-refractivity contribution in [1.82, 2.24) is 15.1 Å². The fraction of sp³-hybridized carbons (Fsp3) is 0.882. The zero-order valence-electron chi connectivity index (χ0n) is 15.1. The summed E-state index contributed by atoms with van der Waals surface area (Å²) in [5.41, 5.74) is 0. The third kappa shape index (κ3) is 5.72. The largest absolute Gasteiger partial charge is 0.376 e. The molecule has 7 nitrogen and oxygen atoms in total. The van der Waals surface area contributed by atoms with Crippen LogP contribution in [0.25, 0.3) is 0 Å². The Morgan fingerprint density at radius 2 is 1.92 bits per heavy atom. The zero-order chi connectivity index (χ0) is 17.5. The summed E-state index contributed by atoms with van der Waals surface area (Å²) in [5, 5.41) is 2.94. The minimum atomic E-state index is -0.166. The second-order valence-corrected chi connectivity index (χ2v) is 6.91. The number of carbonyl (C=O) groups excluding carboxylic acids is 2. The molecule has 2 rings (SSSR count). The molecular formula is C17H31N3O4. The molecule has 0 saturated carbocycles. The van der Waals surface area contributed by atoms with E-state index in [2.05, 4.69) is 10.2 Å². The van der Waals surface area contributed by atoms with Gasteiger partial charge in [0.2, 0.25) is 11.8 Å². The molecule has 2 heterocycles. The molecule has 138 valence electrons. The summed E-state index contributed by atoms with van der Waals surface area (Å²) in [5.74, 6) is 0.0663. The Kier molecular flexibility index (Phi) is 7.45. The second-order valence-electron chi connectivity index (χ2n) is 6.91. The quantitative estimate of drug-likeness (QED) is 0.718. The molecule has 7 heteroatoms. The van der Waals surface area contributed by atoms with E-state index < -0.39 is 0 Å². The van der Waals surface area contributed by atoms with Gasteiger partial charge >= 0.3 is 0 Å². The first kappa shape index (κ1) is 19.1. The van der Waals surface area contributed by atoms with Crippen molar-refractivity contribution in [3.8, 4) is 0 Å². The van der Waals surface area contributed by atoms with Crippen molar-refractivity contribution in [3.05, 3.63) is 0 Å². The Balaban J connectivity index is 1.65. The fourth-order valence-electron chi connectivity index (χ4n) is 3.07. The maximum atomic E-state index is 12.2. The Morgan fingerprint density at radius 3 is 2.50 bits per heavy atom. The van der Waals surface area contributed by atoms with E-state index in [9.17, 15) is 9.59 Å². The molecule has 0 unspecified atom stereocenters. The Morgan fingerprint density at radius 1 is 1.21 bits per heavy atom. The fourth-order valence-corrected chi connectivity index (χ4v) is 3.07. The van der Waals surface area contributed by atoms with E-state index in [1.165, 1.54) is 0 Å². The van der Waals surface area contributed by atoms with Crippen LogP contribution in [0.5, 0.6) is 0 Å². The highest BCUT2D eigenvalue weighted by Gasteiger charge is 2.27. The van der Waals surface area contributed by atoms with E-state index in [0.29, 0.717) is 32.8 Å². The van der Waals surface area contributed by atoms with Crippen molar-refractivity contribution >= 4 is 11.8 Å². The number of hydrogen-bond donors (Lipinski definition) is 1. The maximum absolute atomic E-state index is 12.2. The second kappa shape index (κ2) is 9.34. The first-order valence-electron chi connectivity index (χ1n) is 8.99. The van der Waals surface area contributed by atoms with Crippen LogP contribution in [0, 0.1) is 0 Å². The average Bonchev–Trinajstić information content (AvgIpc) is 3.07. The highest BCUT2D eigenvalue weighted by Crippen LogP contribution is 2.12. The molecule has 0 aromatic carbocycles. The third-order valence-electron chi connectivity index (χ3n) is 4.58. The molecular weight excluding hydrogens is 310 g/mol. The van der Waals surface area contributed by atoms with Crippen LogP contribution in [-0.4, -0.2) is 85.8 Å². The number of amides is 2. The zero-order valence-corrected chi connectivity index (χ0v) is 15.1. The SMILES string of the molecule is CC(C)NC(=O)[C@@H](C)N1CCN(C(=O)COC[C@@H]2CCCO2)CC1. The average molecular weight is 341 g/mol. The van der Waals surface area contributed by atoms with Crippen molar-refractivity contribution in [1.29, 1.82) is 0 Å². The van der Waals surface area contributed by atoms with Gasteiger partial charge in [0.1, 0.15) is 6.61 Å². The maximum Gasteiger partial charge on any atom is 0.248 e. The lowest BCUT2D eigenvalue weighted by Gasteiger charge is -2.37. The van der Waals surface area contributed by atoms with E-state index in [4.69, 9.17) is 9.47 Å².